The Kier molecular flexibility index (Phi) is 6.49. The van der Waals surface area contributed by atoms with E-state index in [4.69, 9.17) is 23.2 Å². The normalized spacial score (nSPS) is 11.7. The molecule has 0 radical (unpaired) electrons. The Bertz CT molecular complexity index is 1340. The fourth-order valence-corrected chi connectivity index (χ4v) is 4.68. The van der Waals surface area contributed by atoms with Crippen LogP contribution >= 0.6 is 39.1 Å². The molecule has 0 atom stereocenters. The van der Waals surface area contributed by atoms with Crippen LogP contribution in [0.4, 0.5) is 5.82 Å². The van der Waals surface area contributed by atoms with Gasteiger partial charge >= 0.3 is 0 Å². The van der Waals surface area contributed by atoms with Gasteiger partial charge in [0.1, 0.15) is 5.82 Å². The van der Waals surface area contributed by atoms with E-state index < -0.39 is 10.0 Å². The monoisotopic (exact) mass is 539 g/mol. The van der Waals surface area contributed by atoms with Gasteiger partial charge in [-0.2, -0.15) is 9.61 Å². The summed E-state index contributed by atoms with van der Waals surface area (Å²) in [6, 6.07) is 15.2. The van der Waals surface area contributed by atoms with Gasteiger partial charge in [0.15, 0.2) is 5.65 Å². The quantitative estimate of drug-likeness (QED) is 0.327. The van der Waals surface area contributed by atoms with E-state index in [0.717, 1.165) is 10.0 Å². The maximum absolute atomic E-state index is 12.4. The second kappa shape index (κ2) is 9.13. The molecule has 0 unspecified atom stereocenters. The van der Waals surface area contributed by atoms with Crippen LogP contribution in [-0.2, 0) is 10.0 Å². The number of halogens is 3. The van der Waals surface area contributed by atoms with Gasteiger partial charge in [0.2, 0.25) is 10.0 Å². The van der Waals surface area contributed by atoms with Crippen molar-refractivity contribution in [2.24, 2.45) is 0 Å². The van der Waals surface area contributed by atoms with Crippen molar-refractivity contribution in [2.45, 2.75) is 4.90 Å². The molecule has 2 N–H and O–H groups in total. The fraction of sp³-hybridized carbons (Fsp3) is 0.100. The van der Waals surface area contributed by atoms with Crippen LogP contribution < -0.4 is 10.0 Å². The van der Waals surface area contributed by atoms with Crippen molar-refractivity contribution < 1.29 is 8.42 Å². The summed E-state index contributed by atoms with van der Waals surface area (Å²) >= 11 is 15.6. The first-order chi connectivity index (χ1) is 14.8. The zero-order chi connectivity index (χ0) is 22.0. The molecule has 0 aliphatic rings. The standard InChI is InChI=1S/C20H16BrCl2N5O2S/c21-16-12-25-28-19(11-18(27-20(16)28)15-3-1-2-4-17(15)23)24-9-10-26-31(29,30)14-7-5-13(22)6-8-14/h1-8,11-12,24,26H,9-10H2. The minimum atomic E-state index is -3.63. The van der Waals surface area contributed by atoms with Crippen molar-refractivity contribution in [3.05, 3.63) is 75.3 Å². The molecule has 11 heteroatoms. The highest BCUT2D eigenvalue weighted by Crippen LogP contribution is 2.30. The van der Waals surface area contributed by atoms with Gasteiger partial charge in [0, 0.05) is 34.8 Å². The van der Waals surface area contributed by atoms with Crippen LogP contribution in [0.3, 0.4) is 0 Å². The number of benzene rings is 2. The van der Waals surface area contributed by atoms with Gasteiger partial charge in [0.05, 0.1) is 21.3 Å². The van der Waals surface area contributed by atoms with Crippen molar-refractivity contribution in [1.29, 1.82) is 0 Å². The molecule has 2 aromatic heterocycles. The number of sulfonamides is 1. The molecule has 2 aromatic carbocycles. The number of hydrogen-bond donors (Lipinski definition) is 2. The third-order valence-electron chi connectivity index (χ3n) is 4.43. The molecule has 0 amide bonds. The number of anilines is 1. The first-order valence-electron chi connectivity index (χ1n) is 9.13. The molecule has 0 aliphatic carbocycles. The lowest BCUT2D eigenvalue weighted by Crippen LogP contribution is -2.29. The molecule has 0 spiro atoms. The van der Waals surface area contributed by atoms with Crippen molar-refractivity contribution >= 4 is 60.6 Å². The highest BCUT2D eigenvalue weighted by Gasteiger charge is 2.15. The van der Waals surface area contributed by atoms with E-state index in [1.165, 1.54) is 24.3 Å². The zero-order valence-corrected chi connectivity index (χ0v) is 19.8. The highest BCUT2D eigenvalue weighted by atomic mass is 79.9. The third kappa shape index (κ3) is 4.86. The Morgan fingerprint density at radius 3 is 2.52 bits per heavy atom. The minimum Gasteiger partial charge on any atom is -0.369 e. The van der Waals surface area contributed by atoms with E-state index in [1.807, 2.05) is 24.3 Å². The number of nitrogens with zero attached hydrogens (tertiary/aromatic N) is 3. The van der Waals surface area contributed by atoms with Crippen molar-refractivity contribution in [3.8, 4) is 11.3 Å². The van der Waals surface area contributed by atoms with E-state index >= 15 is 0 Å². The molecule has 7 nitrogen and oxygen atoms in total. The third-order valence-corrected chi connectivity index (χ3v) is 7.04. The maximum atomic E-state index is 12.4. The first kappa shape index (κ1) is 22.0. The van der Waals surface area contributed by atoms with E-state index in [-0.39, 0.29) is 11.4 Å². The molecule has 4 aromatic rings. The van der Waals surface area contributed by atoms with E-state index in [9.17, 15) is 8.42 Å². The summed E-state index contributed by atoms with van der Waals surface area (Å²) in [6.07, 6.45) is 1.65. The number of hydrogen-bond acceptors (Lipinski definition) is 5. The molecule has 160 valence electrons. The van der Waals surface area contributed by atoms with Crippen molar-refractivity contribution in [2.75, 3.05) is 18.4 Å². The Labute approximate surface area is 197 Å². The van der Waals surface area contributed by atoms with Crippen LogP contribution in [0, 0.1) is 0 Å². The van der Waals surface area contributed by atoms with Crippen LogP contribution in [0.25, 0.3) is 16.9 Å². The van der Waals surface area contributed by atoms with Crippen LogP contribution in [-0.4, -0.2) is 36.1 Å². The number of rotatable bonds is 7. The molecule has 0 saturated heterocycles. The van der Waals surface area contributed by atoms with Gasteiger partial charge in [-0.25, -0.2) is 18.1 Å². The SMILES string of the molecule is O=S(=O)(NCCNc1cc(-c2ccccc2Cl)nc2c(Br)cnn12)c1ccc(Cl)cc1. The van der Waals surface area contributed by atoms with Gasteiger partial charge in [-0.1, -0.05) is 41.4 Å². The molecule has 0 saturated carbocycles. The molecular formula is C20H16BrCl2N5O2S. The predicted molar refractivity (Wildman–Crippen MR) is 126 cm³/mol. The lowest BCUT2D eigenvalue weighted by Gasteiger charge is -2.12. The van der Waals surface area contributed by atoms with Crippen LogP contribution in [0.15, 0.2) is 70.2 Å². The van der Waals surface area contributed by atoms with E-state index in [2.05, 4.69) is 36.1 Å². The van der Waals surface area contributed by atoms with Crippen LogP contribution in [0.2, 0.25) is 10.0 Å². The van der Waals surface area contributed by atoms with Gasteiger partial charge in [-0.05, 0) is 46.3 Å². The Morgan fingerprint density at radius 2 is 1.77 bits per heavy atom. The molecule has 0 bridgehead atoms. The Morgan fingerprint density at radius 1 is 1.03 bits per heavy atom. The maximum Gasteiger partial charge on any atom is 0.240 e. The van der Waals surface area contributed by atoms with Gasteiger partial charge in [0.25, 0.3) is 0 Å². The lowest BCUT2D eigenvalue weighted by molar-refractivity contribution is 0.583. The number of aromatic nitrogens is 3. The minimum absolute atomic E-state index is 0.153. The molecule has 0 fully saturated rings. The highest BCUT2D eigenvalue weighted by molar-refractivity contribution is 9.10. The largest absolute Gasteiger partial charge is 0.369 e. The summed E-state index contributed by atoms with van der Waals surface area (Å²) in [6.45, 7) is 0.490. The molecule has 0 aliphatic heterocycles. The summed E-state index contributed by atoms with van der Waals surface area (Å²) in [5.74, 6) is 0.649. The van der Waals surface area contributed by atoms with Gasteiger partial charge < -0.3 is 5.32 Å². The lowest BCUT2D eigenvalue weighted by atomic mass is 10.1. The summed E-state index contributed by atoms with van der Waals surface area (Å²) in [5.41, 5.74) is 2.07. The number of fused-ring (bicyclic) bond motifs is 1. The molecular weight excluding hydrogens is 525 g/mol. The first-order valence-corrected chi connectivity index (χ1v) is 12.2. The van der Waals surface area contributed by atoms with E-state index in [0.29, 0.717) is 33.7 Å². The van der Waals surface area contributed by atoms with Crippen LogP contribution in [0.1, 0.15) is 0 Å². The summed E-state index contributed by atoms with van der Waals surface area (Å²) < 4.78 is 29.8. The summed E-state index contributed by atoms with van der Waals surface area (Å²) in [4.78, 5) is 4.80. The Hall–Kier alpha value is -2.17. The summed E-state index contributed by atoms with van der Waals surface area (Å²) in [5, 5.41) is 8.59. The fourth-order valence-electron chi connectivity index (χ4n) is 2.94. The van der Waals surface area contributed by atoms with E-state index in [1.54, 1.807) is 16.8 Å². The van der Waals surface area contributed by atoms with Gasteiger partial charge in [-0.3, -0.25) is 0 Å². The zero-order valence-electron chi connectivity index (χ0n) is 15.9. The van der Waals surface area contributed by atoms with Crippen molar-refractivity contribution in [1.82, 2.24) is 19.3 Å². The second-order valence-corrected chi connectivity index (χ2v) is 9.98. The molecule has 2 heterocycles. The molecule has 31 heavy (non-hydrogen) atoms. The Balaban J connectivity index is 1.53. The predicted octanol–water partition coefficient (Wildman–Crippen LogP) is 4.86. The smallest absolute Gasteiger partial charge is 0.240 e. The summed E-state index contributed by atoms with van der Waals surface area (Å²) in [7, 11) is -3.63. The second-order valence-electron chi connectivity index (χ2n) is 6.51. The van der Waals surface area contributed by atoms with Crippen LogP contribution in [0.5, 0.6) is 0 Å². The average molecular weight is 541 g/mol. The van der Waals surface area contributed by atoms with Crippen molar-refractivity contribution in [3.63, 3.8) is 0 Å². The topological polar surface area (TPSA) is 88.4 Å². The molecule has 4 rings (SSSR count). The van der Waals surface area contributed by atoms with Gasteiger partial charge in [-0.15, -0.1) is 0 Å². The average Bonchev–Trinajstić information content (AvgIpc) is 3.13. The number of nitrogens with one attached hydrogen (secondary N) is 2.